The van der Waals surface area contributed by atoms with E-state index in [0.717, 1.165) is 10.1 Å². The Morgan fingerprint density at radius 2 is 2.24 bits per heavy atom. The number of nitrogens with two attached hydrogens (primary N) is 1. The second-order valence-electron chi connectivity index (χ2n) is 4.08. The molecule has 90 valence electrons. The molecule has 0 saturated carbocycles. The Hall–Kier alpha value is -0.840. The molecule has 17 heavy (non-hydrogen) atoms. The van der Waals surface area contributed by atoms with E-state index in [9.17, 15) is 0 Å². The summed E-state index contributed by atoms with van der Waals surface area (Å²) in [6, 6.07) is 6.52. The number of aryl methyl sites for hydroxylation is 2. The van der Waals surface area contributed by atoms with E-state index in [4.69, 9.17) is 5.73 Å². The van der Waals surface area contributed by atoms with E-state index in [-0.39, 0.29) is 6.04 Å². The zero-order chi connectivity index (χ0) is 12.3. The summed E-state index contributed by atoms with van der Waals surface area (Å²) < 4.78 is 1.09. The van der Waals surface area contributed by atoms with Crippen molar-refractivity contribution in [1.82, 2.24) is 4.98 Å². The van der Waals surface area contributed by atoms with Crippen molar-refractivity contribution < 1.29 is 0 Å². The first-order chi connectivity index (χ1) is 8.16. The van der Waals surface area contributed by atoms with Crippen molar-refractivity contribution >= 4 is 23.1 Å². The summed E-state index contributed by atoms with van der Waals surface area (Å²) in [6.45, 7) is 4.23. The van der Waals surface area contributed by atoms with Crippen molar-refractivity contribution in [2.45, 2.75) is 24.2 Å². The summed E-state index contributed by atoms with van der Waals surface area (Å²) >= 11 is 3.39. The van der Waals surface area contributed by atoms with E-state index < -0.39 is 0 Å². The lowest BCUT2D eigenvalue weighted by atomic mass is 10.0. The van der Waals surface area contributed by atoms with Crippen LogP contribution in [0.5, 0.6) is 0 Å². The molecule has 1 heterocycles. The fraction of sp³-hybridized carbons (Fsp3) is 0.308. The Balaban J connectivity index is 2.01. The summed E-state index contributed by atoms with van der Waals surface area (Å²) in [4.78, 5) is 4.24. The minimum absolute atomic E-state index is 0.0736. The Bertz CT molecular complexity index is 480. The van der Waals surface area contributed by atoms with Gasteiger partial charge in [0.05, 0.1) is 0 Å². The zero-order valence-corrected chi connectivity index (χ0v) is 11.6. The molecule has 0 bridgehead atoms. The lowest BCUT2D eigenvalue weighted by molar-refractivity contribution is 0.821. The topological polar surface area (TPSA) is 38.9 Å². The van der Waals surface area contributed by atoms with Crippen molar-refractivity contribution in [3.8, 4) is 0 Å². The Morgan fingerprint density at radius 1 is 1.41 bits per heavy atom. The van der Waals surface area contributed by atoms with Crippen LogP contribution in [0.15, 0.2) is 34.1 Å². The number of nitrogens with zero attached hydrogens (tertiary/aromatic N) is 1. The highest BCUT2D eigenvalue weighted by molar-refractivity contribution is 8.01. The molecule has 0 spiro atoms. The Kier molecular flexibility index (Phi) is 4.20. The van der Waals surface area contributed by atoms with Crippen LogP contribution >= 0.6 is 23.1 Å². The third-order valence-corrected chi connectivity index (χ3v) is 4.71. The number of thiazole rings is 1. The highest BCUT2D eigenvalue weighted by atomic mass is 32.2. The van der Waals surface area contributed by atoms with Crippen LogP contribution in [-0.4, -0.2) is 10.7 Å². The van der Waals surface area contributed by atoms with Crippen LogP contribution in [-0.2, 0) is 0 Å². The SMILES string of the molecule is Cc1ccc(C(N)CSc2nccs2)c(C)c1. The number of rotatable bonds is 4. The first-order valence-electron chi connectivity index (χ1n) is 5.52. The molecule has 2 nitrogen and oxygen atoms in total. The number of benzene rings is 1. The third-order valence-electron chi connectivity index (χ3n) is 2.62. The van der Waals surface area contributed by atoms with Gasteiger partial charge in [0.1, 0.15) is 4.34 Å². The fourth-order valence-electron chi connectivity index (χ4n) is 1.77. The Morgan fingerprint density at radius 3 is 2.88 bits per heavy atom. The molecule has 2 aromatic rings. The molecule has 1 aromatic heterocycles. The number of thioether (sulfide) groups is 1. The van der Waals surface area contributed by atoms with Crippen LogP contribution in [0.3, 0.4) is 0 Å². The first-order valence-corrected chi connectivity index (χ1v) is 7.38. The van der Waals surface area contributed by atoms with Crippen molar-refractivity contribution in [2.24, 2.45) is 5.73 Å². The monoisotopic (exact) mass is 264 g/mol. The minimum Gasteiger partial charge on any atom is -0.323 e. The van der Waals surface area contributed by atoms with E-state index >= 15 is 0 Å². The van der Waals surface area contributed by atoms with Gasteiger partial charge in [-0.25, -0.2) is 4.98 Å². The summed E-state index contributed by atoms with van der Waals surface area (Å²) in [5, 5.41) is 1.99. The predicted molar refractivity (Wildman–Crippen MR) is 75.7 cm³/mol. The van der Waals surface area contributed by atoms with Gasteiger partial charge < -0.3 is 5.73 Å². The average molecular weight is 264 g/mol. The second-order valence-corrected chi connectivity index (χ2v) is 6.24. The summed E-state index contributed by atoms with van der Waals surface area (Å²) in [5.74, 6) is 0.872. The van der Waals surface area contributed by atoms with Crippen molar-refractivity contribution in [3.63, 3.8) is 0 Å². The molecule has 1 aromatic carbocycles. The maximum Gasteiger partial charge on any atom is 0.149 e. The molecule has 0 amide bonds. The predicted octanol–water partition coefficient (Wildman–Crippen LogP) is 3.55. The molecule has 0 saturated heterocycles. The van der Waals surface area contributed by atoms with Gasteiger partial charge in [-0.05, 0) is 25.0 Å². The van der Waals surface area contributed by atoms with Crippen LogP contribution in [0.25, 0.3) is 0 Å². The van der Waals surface area contributed by atoms with E-state index in [1.54, 1.807) is 23.1 Å². The highest BCUT2D eigenvalue weighted by Crippen LogP contribution is 2.26. The molecule has 2 rings (SSSR count). The van der Waals surface area contributed by atoms with Crippen molar-refractivity contribution in [2.75, 3.05) is 5.75 Å². The molecule has 1 atom stereocenters. The zero-order valence-electron chi connectivity index (χ0n) is 10.0. The van der Waals surface area contributed by atoms with Gasteiger partial charge in [-0.15, -0.1) is 11.3 Å². The maximum atomic E-state index is 6.22. The summed E-state index contributed by atoms with van der Waals surface area (Å²) in [7, 11) is 0. The van der Waals surface area contributed by atoms with Gasteiger partial charge in [0.2, 0.25) is 0 Å². The van der Waals surface area contributed by atoms with Crippen LogP contribution in [0, 0.1) is 13.8 Å². The first kappa shape index (κ1) is 12.6. The van der Waals surface area contributed by atoms with Gasteiger partial charge in [0.15, 0.2) is 0 Å². The van der Waals surface area contributed by atoms with Crippen LogP contribution in [0.1, 0.15) is 22.7 Å². The third kappa shape index (κ3) is 3.31. The fourth-order valence-corrected chi connectivity index (χ4v) is 3.41. The normalized spacial score (nSPS) is 12.6. The molecular weight excluding hydrogens is 248 g/mol. The number of hydrogen-bond donors (Lipinski definition) is 1. The molecule has 4 heteroatoms. The standard InChI is InChI=1S/C13H16N2S2/c1-9-3-4-11(10(2)7-9)12(14)8-17-13-15-5-6-16-13/h3-7,12H,8,14H2,1-2H3. The lowest BCUT2D eigenvalue weighted by Crippen LogP contribution is -2.14. The molecule has 1 unspecified atom stereocenters. The molecule has 2 N–H and O–H groups in total. The molecular formula is C13H16N2S2. The molecule has 0 aliphatic carbocycles. The number of hydrogen-bond acceptors (Lipinski definition) is 4. The number of aromatic nitrogens is 1. The van der Waals surface area contributed by atoms with Gasteiger partial charge in [-0.1, -0.05) is 35.5 Å². The average Bonchev–Trinajstić information content (AvgIpc) is 2.78. The maximum absolute atomic E-state index is 6.22. The largest absolute Gasteiger partial charge is 0.323 e. The minimum atomic E-state index is 0.0736. The van der Waals surface area contributed by atoms with Gasteiger partial charge >= 0.3 is 0 Å². The van der Waals surface area contributed by atoms with Gasteiger partial charge in [-0.3, -0.25) is 0 Å². The van der Waals surface area contributed by atoms with E-state index in [1.807, 2.05) is 11.6 Å². The van der Waals surface area contributed by atoms with Crippen molar-refractivity contribution in [1.29, 1.82) is 0 Å². The van der Waals surface area contributed by atoms with E-state index in [2.05, 4.69) is 37.0 Å². The van der Waals surface area contributed by atoms with Gasteiger partial charge in [-0.2, -0.15) is 0 Å². The summed E-state index contributed by atoms with van der Waals surface area (Å²) in [6.07, 6.45) is 1.83. The molecule has 0 aliphatic heterocycles. The quantitative estimate of drug-likeness (QED) is 0.858. The highest BCUT2D eigenvalue weighted by Gasteiger charge is 2.10. The van der Waals surface area contributed by atoms with Gasteiger partial charge in [0.25, 0.3) is 0 Å². The van der Waals surface area contributed by atoms with Crippen molar-refractivity contribution in [3.05, 3.63) is 46.5 Å². The summed E-state index contributed by atoms with van der Waals surface area (Å²) in [5.41, 5.74) is 10.0. The van der Waals surface area contributed by atoms with Crippen LogP contribution < -0.4 is 5.73 Å². The van der Waals surface area contributed by atoms with Gasteiger partial charge in [0, 0.05) is 23.4 Å². The molecule has 0 fully saturated rings. The lowest BCUT2D eigenvalue weighted by Gasteiger charge is -2.14. The Labute approximate surface area is 110 Å². The van der Waals surface area contributed by atoms with E-state index in [0.29, 0.717) is 0 Å². The second kappa shape index (κ2) is 5.67. The van der Waals surface area contributed by atoms with E-state index in [1.165, 1.54) is 16.7 Å². The van der Waals surface area contributed by atoms with Crippen LogP contribution in [0.2, 0.25) is 0 Å². The van der Waals surface area contributed by atoms with Crippen LogP contribution in [0.4, 0.5) is 0 Å². The smallest absolute Gasteiger partial charge is 0.149 e. The molecule has 0 aliphatic rings. The molecule has 0 radical (unpaired) electrons.